The molecule has 15 heavy (non-hydrogen) atoms. The fourth-order valence-electron chi connectivity index (χ4n) is 1.40. The quantitative estimate of drug-likeness (QED) is 0.867. The van der Waals surface area contributed by atoms with Gasteiger partial charge in [-0.3, -0.25) is 4.98 Å². The molecule has 0 amide bonds. The Labute approximate surface area is 92.8 Å². The van der Waals surface area contributed by atoms with Crippen molar-refractivity contribution in [2.75, 3.05) is 13.2 Å². The lowest BCUT2D eigenvalue weighted by Gasteiger charge is -2.08. The summed E-state index contributed by atoms with van der Waals surface area (Å²) in [4.78, 5) is 4.24. The van der Waals surface area contributed by atoms with Gasteiger partial charge in [0.25, 0.3) is 0 Å². The molecule has 2 aromatic rings. The van der Waals surface area contributed by atoms with Gasteiger partial charge in [-0.05, 0) is 24.3 Å². The molecule has 0 bridgehead atoms. The Hall–Kier alpha value is -1.32. The lowest BCUT2D eigenvalue weighted by Crippen LogP contribution is -2.10. The minimum atomic E-state index is 0.479. The first kappa shape index (κ1) is 10.2. The molecule has 0 atom stereocenters. The van der Waals surface area contributed by atoms with E-state index in [1.807, 2.05) is 18.2 Å². The molecule has 0 saturated carbocycles. The van der Waals surface area contributed by atoms with Crippen LogP contribution >= 0.6 is 11.6 Å². The molecule has 0 aliphatic heterocycles. The Morgan fingerprint density at radius 2 is 2.20 bits per heavy atom. The van der Waals surface area contributed by atoms with Crippen LogP contribution < -0.4 is 10.5 Å². The van der Waals surface area contributed by atoms with E-state index in [2.05, 4.69) is 4.98 Å². The Morgan fingerprint density at radius 1 is 1.33 bits per heavy atom. The van der Waals surface area contributed by atoms with Gasteiger partial charge in [-0.2, -0.15) is 0 Å². The largest absolute Gasteiger partial charge is 0.490 e. The highest BCUT2D eigenvalue weighted by atomic mass is 35.5. The van der Waals surface area contributed by atoms with E-state index in [4.69, 9.17) is 22.1 Å². The van der Waals surface area contributed by atoms with Crippen LogP contribution in [0.3, 0.4) is 0 Å². The Kier molecular flexibility index (Phi) is 3.04. The molecule has 0 aliphatic carbocycles. The van der Waals surface area contributed by atoms with Crippen LogP contribution in [0.5, 0.6) is 5.75 Å². The molecule has 0 radical (unpaired) electrons. The number of aromatic nitrogens is 1. The summed E-state index contributed by atoms with van der Waals surface area (Å²) in [7, 11) is 0. The van der Waals surface area contributed by atoms with Crippen molar-refractivity contribution >= 4 is 22.5 Å². The van der Waals surface area contributed by atoms with Crippen LogP contribution in [0.2, 0.25) is 5.02 Å². The first-order valence-corrected chi connectivity index (χ1v) is 5.07. The van der Waals surface area contributed by atoms with Gasteiger partial charge in [0.15, 0.2) is 0 Å². The minimum Gasteiger partial charge on any atom is -0.490 e. The smallest absolute Gasteiger partial charge is 0.145 e. The fourth-order valence-corrected chi connectivity index (χ4v) is 1.61. The summed E-state index contributed by atoms with van der Waals surface area (Å²) in [5, 5.41) is 1.58. The molecule has 3 nitrogen and oxygen atoms in total. The van der Waals surface area contributed by atoms with Crippen LogP contribution in [0.15, 0.2) is 30.5 Å². The van der Waals surface area contributed by atoms with Gasteiger partial charge in [0, 0.05) is 18.1 Å². The van der Waals surface area contributed by atoms with Gasteiger partial charge in [0.1, 0.15) is 17.9 Å². The summed E-state index contributed by atoms with van der Waals surface area (Å²) in [6.45, 7) is 0.963. The molecule has 0 spiro atoms. The maximum Gasteiger partial charge on any atom is 0.145 e. The van der Waals surface area contributed by atoms with Gasteiger partial charge >= 0.3 is 0 Å². The molecular weight excluding hydrogens is 212 g/mol. The lowest BCUT2D eigenvalue weighted by atomic mass is 10.2. The second-order valence-electron chi connectivity index (χ2n) is 3.08. The molecule has 0 aliphatic rings. The number of halogens is 1. The maximum atomic E-state index is 6.04. The molecule has 2 N–H and O–H groups in total. The van der Waals surface area contributed by atoms with E-state index in [1.165, 1.54) is 0 Å². The average Bonchev–Trinajstić information content (AvgIpc) is 2.29. The van der Waals surface area contributed by atoms with Gasteiger partial charge in [0.05, 0.1) is 5.02 Å². The third kappa shape index (κ3) is 2.03. The van der Waals surface area contributed by atoms with Crippen molar-refractivity contribution in [1.29, 1.82) is 0 Å². The van der Waals surface area contributed by atoms with Gasteiger partial charge in [0.2, 0.25) is 0 Å². The monoisotopic (exact) mass is 222 g/mol. The van der Waals surface area contributed by atoms with E-state index >= 15 is 0 Å². The molecule has 0 saturated heterocycles. The van der Waals surface area contributed by atoms with Crippen molar-refractivity contribution in [3.63, 3.8) is 0 Å². The van der Waals surface area contributed by atoms with Gasteiger partial charge in [-0.15, -0.1) is 0 Å². The minimum absolute atomic E-state index is 0.479. The first-order chi connectivity index (χ1) is 7.33. The van der Waals surface area contributed by atoms with Crippen molar-refractivity contribution in [2.24, 2.45) is 5.73 Å². The number of hydrogen-bond acceptors (Lipinski definition) is 3. The topological polar surface area (TPSA) is 48.1 Å². The molecule has 1 aromatic heterocycles. The zero-order valence-electron chi connectivity index (χ0n) is 8.11. The van der Waals surface area contributed by atoms with E-state index in [0.29, 0.717) is 18.2 Å². The van der Waals surface area contributed by atoms with Gasteiger partial charge in [-0.25, -0.2) is 0 Å². The lowest BCUT2D eigenvalue weighted by molar-refractivity contribution is 0.331. The third-order valence-corrected chi connectivity index (χ3v) is 2.38. The van der Waals surface area contributed by atoms with Crippen LogP contribution in [-0.2, 0) is 0 Å². The number of nitrogens with zero attached hydrogens (tertiary/aromatic N) is 1. The number of fused-ring (bicyclic) bond motifs is 1. The number of pyridine rings is 1. The van der Waals surface area contributed by atoms with Crippen molar-refractivity contribution < 1.29 is 4.74 Å². The number of nitrogens with two attached hydrogens (primary N) is 1. The highest BCUT2D eigenvalue weighted by Gasteiger charge is 2.05. The molecule has 0 fully saturated rings. The molecule has 4 heteroatoms. The Balaban J connectivity index is 2.51. The zero-order valence-corrected chi connectivity index (χ0v) is 8.87. The normalized spacial score (nSPS) is 10.5. The maximum absolute atomic E-state index is 6.04. The summed E-state index contributed by atoms with van der Waals surface area (Å²) in [5.74, 6) is 0.723. The number of rotatable bonds is 3. The molecule has 1 aromatic carbocycles. The molecule has 0 unspecified atom stereocenters. The van der Waals surface area contributed by atoms with Crippen LogP contribution in [0.25, 0.3) is 10.9 Å². The second kappa shape index (κ2) is 4.47. The van der Waals surface area contributed by atoms with Crippen molar-refractivity contribution in [3.05, 3.63) is 35.5 Å². The van der Waals surface area contributed by atoms with Gasteiger partial charge < -0.3 is 10.5 Å². The van der Waals surface area contributed by atoms with E-state index < -0.39 is 0 Å². The average molecular weight is 223 g/mol. The van der Waals surface area contributed by atoms with Crippen LogP contribution in [0.4, 0.5) is 0 Å². The van der Waals surface area contributed by atoms with Crippen LogP contribution in [-0.4, -0.2) is 18.1 Å². The number of ether oxygens (including phenoxy) is 1. The molecule has 78 valence electrons. The standard InChI is InChI=1S/C11H11ClN2O/c12-9-3-4-10(15-7-5-13)11-8(9)2-1-6-14-11/h1-4,6H,5,7,13H2. The molecule has 2 rings (SSSR count). The second-order valence-corrected chi connectivity index (χ2v) is 3.49. The zero-order chi connectivity index (χ0) is 10.7. The predicted octanol–water partition coefficient (Wildman–Crippen LogP) is 2.23. The summed E-state index contributed by atoms with van der Waals surface area (Å²) in [6.07, 6.45) is 1.72. The summed E-state index contributed by atoms with van der Waals surface area (Å²) in [6, 6.07) is 7.38. The highest BCUT2D eigenvalue weighted by molar-refractivity contribution is 6.35. The fraction of sp³-hybridized carbons (Fsp3) is 0.182. The van der Waals surface area contributed by atoms with Crippen molar-refractivity contribution in [1.82, 2.24) is 4.98 Å². The summed E-state index contributed by atoms with van der Waals surface area (Å²) < 4.78 is 5.48. The van der Waals surface area contributed by atoms with Crippen LogP contribution in [0, 0.1) is 0 Å². The molecular formula is C11H11ClN2O. The highest BCUT2D eigenvalue weighted by Crippen LogP contribution is 2.29. The Bertz CT molecular complexity index is 473. The van der Waals surface area contributed by atoms with E-state index in [9.17, 15) is 0 Å². The summed E-state index contributed by atoms with van der Waals surface area (Å²) in [5.41, 5.74) is 6.16. The third-order valence-electron chi connectivity index (χ3n) is 2.05. The van der Waals surface area contributed by atoms with Gasteiger partial charge in [-0.1, -0.05) is 11.6 Å². The predicted molar refractivity (Wildman–Crippen MR) is 61.3 cm³/mol. The van der Waals surface area contributed by atoms with E-state index in [0.717, 1.165) is 16.7 Å². The van der Waals surface area contributed by atoms with Crippen molar-refractivity contribution in [3.8, 4) is 5.75 Å². The number of hydrogen-bond donors (Lipinski definition) is 1. The first-order valence-electron chi connectivity index (χ1n) is 4.69. The summed E-state index contributed by atoms with van der Waals surface area (Å²) >= 11 is 6.04. The number of benzene rings is 1. The van der Waals surface area contributed by atoms with E-state index in [-0.39, 0.29) is 0 Å². The van der Waals surface area contributed by atoms with Crippen molar-refractivity contribution in [2.45, 2.75) is 0 Å². The van der Waals surface area contributed by atoms with Crippen LogP contribution in [0.1, 0.15) is 0 Å². The SMILES string of the molecule is NCCOc1ccc(Cl)c2cccnc12. The Morgan fingerprint density at radius 3 is 3.00 bits per heavy atom. The van der Waals surface area contributed by atoms with E-state index in [1.54, 1.807) is 12.3 Å². The molecule has 1 heterocycles.